The van der Waals surface area contributed by atoms with E-state index in [1.807, 2.05) is 0 Å². The highest BCUT2D eigenvalue weighted by molar-refractivity contribution is 7.99. The van der Waals surface area contributed by atoms with E-state index in [2.05, 4.69) is 30.7 Å². The van der Waals surface area contributed by atoms with Gasteiger partial charge in [-0.25, -0.2) is 0 Å². The Hall–Kier alpha value is -0.220. The lowest BCUT2D eigenvalue weighted by Crippen LogP contribution is -2.64. The Balaban J connectivity index is 1.39. The first kappa shape index (κ1) is 17.8. The second-order valence-electron chi connectivity index (χ2n) is 10.6. The molecular formula is C22H36N2OS. The van der Waals surface area contributed by atoms with Crippen LogP contribution in [0.15, 0.2) is 0 Å². The zero-order valence-electron chi connectivity index (χ0n) is 16.7. The molecule has 0 bridgehead atoms. The van der Waals surface area contributed by atoms with Crippen LogP contribution in [0.3, 0.4) is 0 Å². The van der Waals surface area contributed by atoms with Crippen molar-refractivity contribution in [2.45, 2.75) is 95.0 Å². The molecule has 4 heteroatoms. The van der Waals surface area contributed by atoms with Gasteiger partial charge < -0.3 is 10.6 Å². The molecule has 3 nitrogen and oxygen atoms in total. The van der Waals surface area contributed by atoms with Crippen LogP contribution in [0.25, 0.3) is 0 Å². The Morgan fingerprint density at radius 3 is 2.50 bits per heavy atom. The van der Waals surface area contributed by atoms with Crippen LogP contribution in [0.4, 0.5) is 0 Å². The van der Waals surface area contributed by atoms with E-state index in [1.54, 1.807) is 11.8 Å². The Kier molecular flexibility index (Phi) is 4.21. The Morgan fingerprint density at radius 1 is 1.00 bits per heavy atom. The number of carbonyl (C=O) groups is 1. The molecule has 0 unspecified atom stereocenters. The summed E-state index contributed by atoms with van der Waals surface area (Å²) in [5.74, 6) is 2.90. The molecule has 1 aliphatic heterocycles. The maximum absolute atomic E-state index is 12.4. The molecule has 5 rings (SSSR count). The van der Waals surface area contributed by atoms with Crippen molar-refractivity contribution in [3.8, 4) is 0 Å². The highest BCUT2D eigenvalue weighted by Crippen LogP contribution is 2.64. The second kappa shape index (κ2) is 6.14. The van der Waals surface area contributed by atoms with Crippen LogP contribution in [0.5, 0.6) is 0 Å². The molecule has 1 saturated heterocycles. The minimum Gasteiger partial charge on any atom is -0.352 e. The molecule has 4 aliphatic carbocycles. The summed E-state index contributed by atoms with van der Waals surface area (Å²) in [5, 5.41) is 7.61. The van der Waals surface area contributed by atoms with Crippen molar-refractivity contribution in [3.63, 3.8) is 0 Å². The van der Waals surface area contributed by atoms with Crippen LogP contribution in [0.1, 0.15) is 71.6 Å². The Morgan fingerprint density at radius 2 is 1.77 bits per heavy atom. The van der Waals surface area contributed by atoms with Crippen LogP contribution in [0, 0.1) is 28.6 Å². The zero-order valence-corrected chi connectivity index (χ0v) is 17.5. The van der Waals surface area contributed by atoms with Gasteiger partial charge in [0.05, 0.1) is 5.25 Å². The van der Waals surface area contributed by atoms with Gasteiger partial charge in [0.25, 0.3) is 0 Å². The van der Waals surface area contributed by atoms with E-state index in [1.165, 1.54) is 51.4 Å². The molecule has 0 aromatic carbocycles. The summed E-state index contributed by atoms with van der Waals surface area (Å²) in [6, 6.07) is 2.01. The summed E-state index contributed by atoms with van der Waals surface area (Å²) in [6.07, 6.45) is 14.2. The van der Waals surface area contributed by atoms with E-state index in [0.717, 1.165) is 36.3 Å². The number of amides is 1. The van der Waals surface area contributed by atoms with Gasteiger partial charge in [-0.15, -0.1) is 0 Å². The van der Waals surface area contributed by atoms with Crippen molar-refractivity contribution < 1.29 is 4.79 Å². The van der Waals surface area contributed by atoms with Crippen LogP contribution >= 0.6 is 11.8 Å². The molecule has 5 aliphatic rings. The maximum Gasteiger partial charge on any atom is 0.233 e. The highest BCUT2D eigenvalue weighted by atomic mass is 32.2. The van der Waals surface area contributed by atoms with Gasteiger partial charge >= 0.3 is 0 Å². The molecule has 0 spiro atoms. The first-order valence-corrected chi connectivity index (χ1v) is 12.3. The van der Waals surface area contributed by atoms with Gasteiger partial charge in [-0.05, 0) is 92.6 Å². The van der Waals surface area contributed by atoms with Crippen LogP contribution in [-0.2, 0) is 4.79 Å². The molecule has 4 saturated carbocycles. The van der Waals surface area contributed by atoms with Gasteiger partial charge in [0.1, 0.15) is 0 Å². The smallest absolute Gasteiger partial charge is 0.233 e. The average Bonchev–Trinajstić information content (AvgIpc) is 3.37. The van der Waals surface area contributed by atoms with Gasteiger partial charge in [-0.3, -0.25) is 4.79 Å². The number of carbonyl (C=O) groups excluding carboxylic acids is 1. The second-order valence-corrected chi connectivity index (χ2v) is 11.6. The third-order valence-electron chi connectivity index (χ3n) is 9.40. The summed E-state index contributed by atoms with van der Waals surface area (Å²) in [4.78, 5) is 12.4. The van der Waals surface area contributed by atoms with E-state index < -0.39 is 0 Å². The minimum absolute atomic E-state index is 0.163. The highest BCUT2D eigenvalue weighted by Gasteiger charge is 2.61. The fourth-order valence-corrected chi connectivity index (χ4v) is 8.55. The van der Waals surface area contributed by atoms with Crippen molar-refractivity contribution in [1.82, 2.24) is 10.6 Å². The molecule has 146 valence electrons. The van der Waals surface area contributed by atoms with E-state index >= 15 is 0 Å². The first-order valence-electron chi connectivity index (χ1n) is 11.0. The number of rotatable bonds is 3. The quantitative estimate of drug-likeness (QED) is 0.783. The number of hydrogen-bond acceptors (Lipinski definition) is 3. The predicted octanol–water partition coefficient (Wildman–Crippen LogP) is 3.97. The number of thioether (sulfide) groups is 1. The lowest BCUT2D eigenvalue weighted by atomic mass is 9.47. The standard InChI is InChI=1S/C22H36N2OS/c1-21-11-10-16-14(15(21)7-9-18(21)23-13-4-5-13)6-8-19-22(16,2)12-17(26-3)20(25)24-19/h13-19,23H,4-12H2,1-3H3,(H,24,25)/t14-,15-,16-,17+,18-,19+,21-,22+/m0/s1. The SMILES string of the molecule is CS[C@@H]1C[C@@]2(C)[C@@H](CC[C@@H]3[C@@H]2CC[C@]2(C)[C@@H](NC4CC4)CC[C@@H]32)NC1=O. The van der Waals surface area contributed by atoms with Gasteiger partial charge in [0.2, 0.25) is 5.91 Å². The fourth-order valence-electron chi connectivity index (χ4n) is 7.74. The number of fused-ring (bicyclic) bond motifs is 5. The van der Waals surface area contributed by atoms with Gasteiger partial charge in [0.15, 0.2) is 0 Å². The molecule has 1 amide bonds. The first-order chi connectivity index (χ1) is 12.5. The summed E-state index contributed by atoms with van der Waals surface area (Å²) in [7, 11) is 0. The lowest BCUT2D eigenvalue weighted by Gasteiger charge is -2.61. The van der Waals surface area contributed by atoms with Crippen molar-refractivity contribution in [3.05, 3.63) is 0 Å². The molecule has 2 N–H and O–H groups in total. The molecule has 0 aromatic heterocycles. The van der Waals surface area contributed by atoms with Gasteiger partial charge in [-0.2, -0.15) is 11.8 Å². The topological polar surface area (TPSA) is 41.1 Å². The van der Waals surface area contributed by atoms with E-state index in [4.69, 9.17) is 0 Å². The molecular weight excluding hydrogens is 340 g/mol. The van der Waals surface area contributed by atoms with E-state index in [0.29, 0.717) is 22.8 Å². The van der Waals surface area contributed by atoms with Crippen LogP contribution < -0.4 is 10.6 Å². The normalized spacial score (nSPS) is 53.4. The predicted molar refractivity (Wildman–Crippen MR) is 108 cm³/mol. The monoisotopic (exact) mass is 376 g/mol. The maximum atomic E-state index is 12.4. The van der Waals surface area contributed by atoms with Crippen molar-refractivity contribution in [2.75, 3.05) is 6.26 Å². The van der Waals surface area contributed by atoms with E-state index in [9.17, 15) is 4.79 Å². The minimum atomic E-state index is 0.163. The summed E-state index contributed by atoms with van der Waals surface area (Å²) in [6.45, 7) is 5.14. The average molecular weight is 377 g/mol. The Bertz CT molecular complexity index is 593. The van der Waals surface area contributed by atoms with E-state index in [-0.39, 0.29) is 5.25 Å². The molecule has 5 fully saturated rings. The number of piperidine rings is 1. The largest absolute Gasteiger partial charge is 0.352 e. The molecule has 26 heavy (non-hydrogen) atoms. The third-order valence-corrected chi connectivity index (χ3v) is 10.4. The summed E-state index contributed by atoms with van der Waals surface area (Å²) < 4.78 is 0. The molecule has 0 aromatic rings. The molecule has 0 radical (unpaired) electrons. The number of nitrogens with one attached hydrogen (secondary N) is 2. The third kappa shape index (κ3) is 2.53. The summed E-state index contributed by atoms with van der Waals surface area (Å²) >= 11 is 1.76. The van der Waals surface area contributed by atoms with Gasteiger partial charge in [0, 0.05) is 18.1 Å². The van der Waals surface area contributed by atoms with Crippen molar-refractivity contribution in [1.29, 1.82) is 0 Å². The summed E-state index contributed by atoms with van der Waals surface area (Å²) in [5.41, 5.74) is 0.831. The zero-order chi connectivity index (χ0) is 18.1. The molecule has 1 heterocycles. The molecule has 8 atom stereocenters. The van der Waals surface area contributed by atoms with Gasteiger partial charge in [-0.1, -0.05) is 13.8 Å². The Labute approximate surface area is 163 Å². The lowest BCUT2D eigenvalue weighted by molar-refractivity contribution is -0.135. The van der Waals surface area contributed by atoms with Crippen molar-refractivity contribution in [2.24, 2.45) is 28.6 Å². The van der Waals surface area contributed by atoms with Crippen molar-refractivity contribution >= 4 is 17.7 Å². The fraction of sp³-hybridized carbons (Fsp3) is 0.955. The van der Waals surface area contributed by atoms with Crippen LogP contribution in [0.2, 0.25) is 0 Å². The van der Waals surface area contributed by atoms with Crippen LogP contribution in [-0.4, -0.2) is 35.5 Å². The number of hydrogen-bond donors (Lipinski definition) is 2.